The summed E-state index contributed by atoms with van der Waals surface area (Å²) in [5.41, 5.74) is 9.83. The fraction of sp³-hybridized carbons (Fsp3) is 0.200. The van der Waals surface area contributed by atoms with Gasteiger partial charge in [-0.1, -0.05) is 17.7 Å². The summed E-state index contributed by atoms with van der Waals surface area (Å²) >= 11 is 1.69. The molecule has 0 aliphatic carbocycles. The van der Waals surface area contributed by atoms with Crippen LogP contribution in [-0.2, 0) is 5.75 Å². The molecule has 94 valence electrons. The van der Waals surface area contributed by atoms with E-state index in [1.807, 2.05) is 0 Å². The van der Waals surface area contributed by atoms with Crippen LogP contribution < -0.4 is 5.73 Å². The van der Waals surface area contributed by atoms with E-state index in [1.165, 1.54) is 28.2 Å². The molecular formula is C15H16FNS. The lowest BCUT2D eigenvalue weighted by Gasteiger charge is -2.08. The number of benzene rings is 2. The van der Waals surface area contributed by atoms with Gasteiger partial charge < -0.3 is 5.73 Å². The molecule has 0 aliphatic heterocycles. The third-order valence-corrected chi connectivity index (χ3v) is 4.04. The average Bonchev–Trinajstić information content (AvgIpc) is 2.32. The van der Waals surface area contributed by atoms with Gasteiger partial charge in [0.2, 0.25) is 0 Å². The van der Waals surface area contributed by atoms with Gasteiger partial charge in [-0.2, -0.15) is 0 Å². The molecule has 3 heteroatoms. The number of nitrogens with two attached hydrogens (primary N) is 1. The number of aryl methyl sites for hydroxylation is 2. The van der Waals surface area contributed by atoms with Gasteiger partial charge in [-0.3, -0.25) is 0 Å². The molecule has 2 aromatic rings. The summed E-state index contributed by atoms with van der Waals surface area (Å²) in [5, 5.41) is 0. The summed E-state index contributed by atoms with van der Waals surface area (Å²) in [6.45, 7) is 4.16. The Morgan fingerprint density at radius 1 is 1.11 bits per heavy atom. The zero-order valence-corrected chi connectivity index (χ0v) is 11.4. The first-order chi connectivity index (χ1) is 8.56. The summed E-state index contributed by atoms with van der Waals surface area (Å²) in [6.07, 6.45) is 0. The highest BCUT2D eigenvalue weighted by Crippen LogP contribution is 2.28. The van der Waals surface area contributed by atoms with Crippen molar-refractivity contribution in [3.05, 3.63) is 58.9 Å². The number of anilines is 1. The van der Waals surface area contributed by atoms with Crippen LogP contribution in [0.15, 0.2) is 41.3 Å². The molecule has 0 aromatic heterocycles. The van der Waals surface area contributed by atoms with Crippen LogP contribution in [0.4, 0.5) is 10.1 Å². The lowest BCUT2D eigenvalue weighted by Crippen LogP contribution is -1.94. The van der Waals surface area contributed by atoms with Crippen LogP contribution in [0.25, 0.3) is 0 Å². The maximum Gasteiger partial charge on any atom is 0.123 e. The van der Waals surface area contributed by atoms with Gasteiger partial charge in [0, 0.05) is 16.3 Å². The highest BCUT2D eigenvalue weighted by Gasteiger charge is 2.04. The van der Waals surface area contributed by atoms with E-state index in [0.717, 1.165) is 5.56 Å². The number of hydrogen-bond acceptors (Lipinski definition) is 2. The molecule has 0 saturated heterocycles. The van der Waals surface area contributed by atoms with Crippen molar-refractivity contribution in [3.8, 4) is 0 Å². The predicted octanol–water partition coefficient (Wildman–Crippen LogP) is 4.32. The van der Waals surface area contributed by atoms with Crippen molar-refractivity contribution in [2.24, 2.45) is 0 Å². The molecule has 0 heterocycles. The van der Waals surface area contributed by atoms with Gasteiger partial charge in [-0.05, 0) is 49.2 Å². The van der Waals surface area contributed by atoms with E-state index in [-0.39, 0.29) is 5.82 Å². The van der Waals surface area contributed by atoms with Gasteiger partial charge in [-0.25, -0.2) is 4.39 Å². The first-order valence-corrected chi connectivity index (χ1v) is 6.79. The number of halogens is 1. The van der Waals surface area contributed by atoms with Crippen molar-refractivity contribution in [1.29, 1.82) is 0 Å². The number of hydrogen-bond donors (Lipinski definition) is 1. The van der Waals surface area contributed by atoms with Crippen LogP contribution in [0.1, 0.15) is 16.7 Å². The van der Waals surface area contributed by atoms with Crippen LogP contribution in [0.2, 0.25) is 0 Å². The van der Waals surface area contributed by atoms with E-state index in [1.54, 1.807) is 17.8 Å². The quantitative estimate of drug-likeness (QED) is 0.658. The highest BCUT2D eigenvalue weighted by atomic mass is 32.2. The molecule has 18 heavy (non-hydrogen) atoms. The summed E-state index contributed by atoms with van der Waals surface area (Å²) in [5.74, 6) is 0.452. The largest absolute Gasteiger partial charge is 0.398 e. The fourth-order valence-corrected chi connectivity index (χ4v) is 2.83. The maximum atomic E-state index is 13.1. The van der Waals surface area contributed by atoms with Crippen LogP contribution >= 0.6 is 11.8 Å². The van der Waals surface area contributed by atoms with Gasteiger partial charge in [0.05, 0.1) is 0 Å². The molecule has 0 unspecified atom stereocenters. The number of thioether (sulfide) groups is 1. The Hall–Kier alpha value is -1.48. The molecule has 0 atom stereocenters. The van der Waals surface area contributed by atoms with Gasteiger partial charge >= 0.3 is 0 Å². The van der Waals surface area contributed by atoms with E-state index in [4.69, 9.17) is 5.73 Å². The minimum absolute atomic E-state index is 0.236. The monoisotopic (exact) mass is 261 g/mol. The standard InChI is InChI=1S/C15H16FNS/c1-10-3-6-15(11(2)7-10)18-9-12-8-13(16)4-5-14(12)17/h3-8H,9,17H2,1-2H3. The minimum Gasteiger partial charge on any atom is -0.398 e. The van der Waals surface area contributed by atoms with Crippen molar-refractivity contribution in [2.45, 2.75) is 24.5 Å². The second-order valence-corrected chi connectivity index (χ2v) is 5.42. The Labute approximate surface area is 111 Å². The molecule has 1 nitrogen and oxygen atoms in total. The second-order valence-electron chi connectivity index (χ2n) is 4.40. The van der Waals surface area contributed by atoms with E-state index >= 15 is 0 Å². The molecule has 0 aliphatic rings. The Balaban J connectivity index is 2.13. The van der Waals surface area contributed by atoms with Gasteiger partial charge in [0.15, 0.2) is 0 Å². The maximum absolute atomic E-state index is 13.1. The molecule has 0 amide bonds. The molecule has 0 fully saturated rings. The van der Waals surface area contributed by atoms with Crippen molar-refractivity contribution < 1.29 is 4.39 Å². The number of nitrogen functional groups attached to an aromatic ring is 1. The Bertz CT molecular complexity index is 566. The smallest absolute Gasteiger partial charge is 0.123 e. The minimum atomic E-state index is -0.236. The van der Waals surface area contributed by atoms with E-state index in [2.05, 4.69) is 32.0 Å². The first kappa shape index (κ1) is 13.0. The zero-order chi connectivity index (χ0) is 13.1. The highest BCUT2D eigenvalue weighted by molar-refractivity contribution is 7.98. The third-order valence-electron chi connectivity index (χ3n) is 2.82. The molecular weight excluding hydrogens is 245 g/mol. The first-order valence-electron chi connectivity index (χ1n) is 5.80. The Morgan fingerprint density at radius 3 is 2.61 bits per heavy atom. The third kappa shape index (κ3) is 3.05. The fourth-order valence-electron chi connectivity index (χ4n) is 1.82. The van der Waals surface area contributed by atoms with Crippen molar-refractivity contribution in [3.63, 3.8) is 0 Å². The molecule has 0 radical (unpaired) electrons. The van der Waals surface area contributed by atoms with Crippen LogP contribution in [0.5, 0.6) is 0 Å². The molecule has 2 N–H and O–H groups in total. The Kier molecular flexibility index (Phi) is 3.92. The van der Waals surface area contributed by atoms with Crippen LogP contribution in [0.3, 0.4) is 0 Å². The lowest BCUT2D eigenvalue weighted by atomic mass is 10.2. The summed E-state index contributed by atoms with van der Waals surface area (Å²) in [7, 11) is 0. The van der Waals surface area contributed by atoms with Gasteiger partial charge in [0.1, 0.15) is 5.82 Å². The predicted molar refractivity (Wildman–Crippen MR) is 76.3 cm³/mol. The van der Waals surface area contributed by atoms with Crippen LogP contribution in [-0.4, -0.2) is 0 Å². The molecule has 0 bridgehead atoms. The summed E-state index contributed by atoms with van der Waals surface area (Å²) in [4.78, 5) is 1.21. The van der Waals surface area contributed by atoms with E-state index in [9.17, 15) is 4.39 Å². The van der Waals surface area contributed by atoms with Crippen molar-refractivity contribution >= 4 is 17.4 Å². The molecule has 2 aromatic carbocycles. The van der Waals surface area contributed by atoms with Crippen molar-refractivity contribution in [2.75, 3.05) is 5.73 Å². The SMILES string of the molecule is Cc1ccc(SCc2cc(F)ccc2N)c(C)c1. The van der Waals surface area contributed by atoms with Crippen LogP contribution in [0, 0.1) is 19.7 Å². The molecule has 2 rings (SSSR count). The average molecular weight is 261 g/mol. The number of rotatable bonds is 3. The molecule has 0 saturated carbocycles. The lowest BCUT2D eigenvalue weighted by molar-refractivity contribution is 0.627. The van der Waals surface area contributed by atoms with E-state index < -0.39 is 0 Å². The normalized spacial score (nSPS) is 10.6. The topological polar surface area (TPSA) is 26.0 Å². The van der Waals surface area contributed by atoms with Crippen molar-refractivity contribution in [1.82, 2.24) is 0 Å². The Morgan fingerprint density at radius 2 is 1.89 bits per heavy atom. The summed E-state index contributed by atoms with van der Waals surface area (Å²) < 4.78 is 13.1. The van der Waals surface area contributed by atoms with Gasteiger partial charge in [-0.15, -0.1) is 11.8 Å². The summed E-state index contributed by atoms with van der Waals surface area (Å²) in [6, 6.07) is 10.9. The second kappa shape index (κ2) is 5.44. The van der Waals surface area contributed by atoms with Gasteiger partial charge in [0.25, 0.3) is 0 Å². The van der Waals surface area contributed by atoms with E-state index in [0.29, 0.717) is 11.4 Å². The zero-order valence-electron chi connectivity index (χ0n) is 10.5. The molecule has 0 spiro atoms.